The Kier molecular flexibility index (Phi) is 4.46. The molecule has 0 aliphatic heterocycles. The van der Waals surface area contributed by atoms with E-state index in [-0.39, 0.29) is 0 Å². The smallest absolute Gasteiger partial charge is 0.137 e. The summed E-state index contributed by atoms with van der Waals surface area (Å²) in [6.07, 6.45) is 6.29. The number of benzene rings is 1. The van der Waals surface area contributed by atoms with Crippen LogP contribution in [0.5, 0.6) is 0 Å². The average molecular weight is 402 g/mol. The zero-order valence-corrected chi connectivity index (χ0v) is 14.4. The highest BCUT2D eigenvalue weighted by Gasteiger charge is 2.33. The summed E-state index contributed by atoms with van der Waals surface area (Å²) in [5.41, 5.74) is 0.893. The SMILES string of the molecule is Clc1ccc(C(Br)(Cn2cncn2)Cn2cncn2)c(Cl)c1. The van der Waals surface area contributed by atoms with Crippen LogP contribution in [0.15, 0.2) is 43.5 Å². The van der Waals surface area contributed by atoms with Crippen molar-refractivity contribution in [3.05, 3.63) is 59.1 Å². The summed E-state index contributed by atoms with van der Waals surface area (Å²) >= 11 is 16.2. The first kappa shape index (κ1) is 15.5. The molecule has 2 aromatic heterocycles. The van der Waals surface area contributed by atoms with Crippen LogP contribution in [0.1, 0.15) is 5.56 Å². The normalized spacial score (nSPS) is 11.8. The standard InChI is InChI=1S/C13H11BrCl2N6/c14-13(4-21-8-17-6-19-21,5-22-9-18-7-20-22)11-2-1-10(15)3-12(11)16/h1-3,6-9H,4-5H2. The second kappa shape index (κ2) is 6.36. The van der Waals surface area contributed by atoms with E-state index in [4.69, 9.17) is 23.2 Å². The van der Waals surface area contributed by atoms with E-state index in [1.54, 1.807) is 28.1 Å². The maximum absolute atomic E-state index is 6.39. The molecule has 0 aliphatic carbocycles. The van der Waals surface area contributed by atoms with Crippen LogP contribution in [0.4, 0.5) is 0 Å². The van der Waals surface area contributed by atoms with Crippen molar-refractivity contribution in [1.29, 1.82) is 0 Å². The topological polar surface area (TPSA) is 61.4 Å². The van der Waals surface area contributed by atoms with Gasteiger partial charge in [-0.1, -0.05) is 45.2 Å². The zero-order chi connectivity index (χ0) is 15.6. The molecular weight excluding hydrogens is 391 g/mol. The summed E-state index contributed by atoms with van der Waals surface area (Å²) in [7, 11) is 0. The molecule has 0 aliphatic rings. The van der Waals surface area contributed by atoms with Gasteiger partial charge in [0.1, 0.15) is 25.3 Å². The number of nitrogens with zero attached hydrogens (tertiary/aromatic N) is 6. The van der Waals surface area contributed by atoms with E-state index in [2.05, 4.69) is 36.1 Å². The minimum absolute atomic E-state index is 0.522. The summed E-state index contributed by atoms with van der Waals surface area (Å²) in [6, 6.07) is 5.42. The van der Waals surface area contributed by atoms with Crippen molar-refractivity contribution in [2.24, 2.45) is 0 Å². The Balaban J connectivity index is 2.01. The second-order valence-corrected chi connectivity index (χ2v) is 7.14. The molecule has 0 unspecified atom stereocenters. The van der Waals surface area contributed by atoms with Crippen molar-refractivity contribution in [2.75, 3.05) is 0 Å². The van der Waals surface area contributed by atoms with Gasteiger partial charge in [0, 0.05) is 10.0 Å². The number of rotatable bonds is 5. The maximum Gasteiger partial charge on any atom is 0.137 e. The highest BCUT2D eigenvalue weighted by molar-refractivity contribution is 9.09. The number of hydrogen-bond donors (Lipinski definition) is 0. The molecular formula is C13H11BrCl2N6. The molecule has 0 saturated carbocycles. The van der Waals surface area contributed by atoms with E-state index in [1.807, 2.05) is 12.1 Å². The Hall–Kier alpha value is -1.44. The minimum Gasteiger partial charge on any atom is -0.251 e. The average Bonchev–Trinajstić information content (AvgIpc) is 3.12. The third-order valence-electron chi connectivity index (χ3n) is 3.17. The molecule has 6 nitrogen and oxygen atoms in total. The summed E-state index contributed by atoms with van der Waals surface area (Å²) in [5.74, 6) is 0. The second-order valence-electron chi connectivity index (χ2n) is 4.78. The summed E-state index contributed by atoms with van der Waals surface area (Å²) in [5, 5.41) is 9.49. The molecule has 0 radical (unpaired) electrons. The Morgan fingerprint density at radius 3 is 2.05 bits per heavy atom. The van der Waals surface area contributed by atoms with Crippen molar-refractivity contribution in [2.45, 2.75) is 17.4 Å². The van der Waals surface area contributed by atoms with Gasteiger partial charge in [-0.2, -0.15) is 10.2 Å². The molecule has 9 heteroatoms. The van der Waals surface area contributed by atoms with Crippen molar-refractivity contribution >= 4 is 39.1 Å². The van der Waals surface area contributed by atoms with Gasteiger partial charge >= 0.3 is 0 Å². The molecule has 0 spiro atoms. The Morgan fingerprint density at radius 1 is 1.00 bits per heavy atom. The van der Waals surface area contributed by atoms with Gasteiger partial charge in [-0.3, -0.25) is 9.36 Å². The predicted octanol–water partition coefficient (Wildman–Crippen LogP) is 3.17. The number of aromatic nitrogens is 6. The molecule has 3 aromatic rings. The first-order valence-electron chi connectivity index (χ1n) is 6.36. The lowest BCUT2D eigenvalue weighted by Gasteiger charge is -2.28. The van der Waals surface area contributed by atoms with E-state index in [0.29, 0.717) is 23.1 Å². The molecule has 1 aromatic carbocycles. The van der Waals surface area contributed by atoms with Gasteiger partial charge in [0.25, 0.3) is 0 Å². The van der Waals surface area contributed by atoms with E-state index in [9.17, 15) is 0 Å². The predicted molar refractivity (Wildman–Crippen MR) is 87.1 cm³/mol. The minimum atomic E-state index is -0.532. The number of alkyl halides is 1. The van der Waals surface area contributed by atoms with Crippen molar-refractivity contribution in [1.82, 2.24) is 29.5 Å². The Labute approximate surface area is 145 Å². The van der Waals surface area contributed by atoms with Gasteiger partial charge < -0.3 is 0 Å². The molecule has 0 fully saturated rings. The number of halogens is 3. The lowest BCUT2D eigenvalue weighted by molar-refractivity contribution is 0.408. The molecule has 0 atom stereocenters. The van der Waals surface area contributed by atoms with E-state index in [0.717, 1.165) is 5.56 Å². The van der Waals surface area contributed by atoms with Gasteiger partial charge in [-0.25, -0.2) is 9.97 Å². The molecule has 0 N–H and O–H groups in total. The van der Waals surface area contributed by atoms with E-state index < -0.39 is 4.32 Å². The van der Waals surface area contributed by atoms with Crippen LogP contribution < -0.4 is 0 Å². The molecule has 0 saturated heterocycles. The van der Waals surface area contributed by atoms with Crippen LogP contribution in [-0.2, 0) is 17.4 Å². The van der Waals surface area contributed by atoms with Gasteiger partial charge in [0.15, 0.2) is 0 Å². The lowest BCUT2D eigenvalue weighted by atomic mass is 9.98. The maximum atomic E-state index is 6.39. The van der Waals surface area contributed by atoms with Crippen molar-refractivity contribution in [3.8, 4) is 0 Å². The van der Waals surface area contributed by atoms with Crippen molar-refractivity contribution < 1.29 is 0 Å². The summed E-state index contributed by atoms with van der Waals surface area (Å²) < 4.78 is 2.93. The van der Waals surface area contributed by atoms with E-state index in [1.165, 1.54) is 12.7 Å². The van der Waals surface area contributed by atoms with Crippen LogP contribution in [0, 0.1) is 0 Å². The van der Waals surface area contributed by atoms with Gasteiger partial charge in [0.05, 0.1) is 17.4 Å². The number of hydrogen-bond acceptors (Lipinski definition) is 4. The molecule has 3 rings (SSSR count). The highest BCUT2D eigenvalue weighted by atomic mass is 79.9. The van der Waals surface area contributed by atoms with Gasteiger partial charge in [0.2, 0.25) is 0 Å². The molecule has 0 amide bonds. The first-order valence-corrected chi connectivity index (χ1v) is 7.91. The quantitative estimate of drug-likeness (QED) is 0.616. The van der Waals surface area contributed by atoms with Crippen LogP contribution in [0.3, 0.4) is 0 Å². The fourth-order valence-electron chi connectivity index (χ4n) is 2.22. The third-order valence-corrected chi connectivity index (χ3v) is 4.65. The molecule has 2 heterocycles. The molecule has 22 heavy (non-hydrogen) atoms. The Morgan fingerprint density at radius 2 is 1.59 bits per heavy atom. The van der Waals surface area contributed by atoms with Crippen LogP contribution in [0.2, 0.25) is 10.0 Å². The summed E-state index contributed by atoms with van der Waals surface area (Å²) in [4.78, 5) is 7.95. The Bertz CT molecular complexity index is 708. The lowest BCUT2D eigenvalue weighted by Crippen LogP contribution is -2.31. The first-order chi connectivity index (χ1) is 10.6. The zero-order valence-electron chi connectivity index (χ0n) is 11.3. The van der Waals surface area contributed by atoms with Crippen LogP contribution in [0.25, 0.3) is 0 Å². The fourth-order valence-corrected chi connectivity index (χ4v) is 3.78. The van der Waals surface area contributed by atoms with Crippen molar-refractivity contribution in [3.63, 3.8) is 0 Å². The fraction of sp³-hybridized carbons (Fsp3) is 0.231. The molecule has 0 bridgehead atoms. The van der Waals surface area contributed by atoms with Crippen LogP contribution >= 0.6 is 39.1 Å². The monoisotopic (exact) mass is 400 g/mol. The van der Waals surface area contributed by atoms with E-state index >= 15 is 0 Å². The van der Waals surface area contributed by atoms with Crippen LogP contribution in [-0.4, -0.2) is 29.5 Å². The van der Waals surface area contributed by atoms with Gasteiger partial charge in [-0.15, -0.1) is 0 Å². The van der Waals surface area contributed by atoms with Gasteiger partial charge in [-0.05, 0) is 17.7 Å². The third kappa shape index (κ3) is 3.31. The summed E-state index contributed by atoms with van der Waals surface area (Å²) in [6.45, 7) is 1.04. The molecule has 114 valence electrons. The largest absolute Gasteiger partial charge is 0.251 e. The highest BCUT2D eigenvalue weighted by Crippen LogP contribution is 2.39.